The Hall–Kier alpha value is 3.55. The minimum absolute atomic E-state index is 0.339. The van der Waals surface area contributed by atoms with Crippen LogP contribution in [0.2, 0.25) is 0 Å². The van der Waals surface area contributed by atoms with Gasteiger partial charge >= 0.3 is 0 Å². The lowest BCUT2D eigenvalue weighted by Gasteiger charge is -1.94. The average Bonchev–Trinajstić information content (AvgIpc) is 2.85. The molecule has 0 bridgehead atoms. The van der Waals surface area contributed by atoms with E-state index in [9.17, 15) is 0 Å². The highest BCUT2D eigenvalue weighted by Crippen LogP contribution is 1.79. The number of benzene rings is 1. The van der Waals surface area contributed by atoms with E-state index in [1.807, 2.05) is 6.07 Å². The van der Waals surface area contributed by atoms with E-state index < -0.39 is 0 Å². The van der Waals surface area contributed by atoms with Gasteiger partial charge in [-0.25, -0.2) is 0 Å². The summed E-state index contributed by atoms with van der Waals surface area (Å²) in [5, 5.41) is 1.40. The van der Waals surface area contributed by atoms with E-state index in [1.54, 1.807) is 0 Å². The van der Waals surface area contributed by atoms with Crippen molar-refractivity contribution < 1.29 is 45.3 Å². The lowest BCUT2D eigenvalue weighted by atomic mass is 10.4. The molecule has 0 heterocycles. The normalized spacial score (nSPS) is 8.72. The molecule has 0 amide bonds. The van der Waals surface area contributed by atoms with Gasteiger partial charge in [0, 0.05) is 0 Å². The van der Waals surface area contributed by atoms with Crippen LogP contribution in [0.4, 0.5) is 0 Å². The summed E-state index contributed by atoms with van der Waals surface area (Å²) in [5.74, 6) is 0. The summed E-state index contributed by atoms with van der Waals surface area (Å²) in [5.41, 5.74) is 0. The van der Waals surface area contributed by atoms with E-state index in [0.717, 1.165) is 220 Å². The van der Waals surface area contributed by atoms with Gasteiger partial charge in [0.15, 0.2) is 9.76 Å². The predicted octanol–water partition coefficient (Wildman–Crippen LogP) is -25.7. The smallest absolute Gasteiger partial charge is 0.178 e. The summed E-state index contributed by atoms with van der Waals surface area (Å²) < 4.78 is 50.5. The summed E-state index contributed by atoms with van der Waals surface area (Å²) in [7, 11) is 19.2. The molecule has 0 N–H and O–H groups in total. The molecule has 11 nitrogen and oxygen atoms in total. The third-order valence-electron chi connectivity index (χ3n) is 1.15. The zero-order valence-electron chi connectivity index (χ0n) is 29.6. The summed E-state index contributed by atoms with van der Waals surface area (Å²) in [6.07, 6.45) is 0. The Bertz CT molecular complexity index is 297. The van der Waals surface area contributed by atoms with Gasteiger partial charge in [-0.3, -0.25) is 0 Å². The van der Waals surface area contributed by atoms with Crippen LogP contribution in [0.25, 0.3) is 0 Å². The Kier molecular flexibility index (Phi) is 219. The van der Waals surface area contributed by atoms with Gasteiger partial charge in [0.05, 0.1) is 0 Å². The van der Waals surface area contributed by atoms with E-state index in [2.05, 4.69) is 65.4 Å². The number of hydrogen-bond donors (Lipinski definition) is 0. The first-order chi connectivity index (χ1) is 18.6. The molecule has 0 saturated heterocycles. The largest absolute Gasteiger partial charge is 0.471 e. The van der Waals surface area contributed by atoms with E-state index >= 15 is 0 Å². The van der Waals surface area contributed by atoms with E-state index in [-0.39, 0.29) is 9.76 Å². The molecule has 39 heavy (non-hydrogen) atoms. The number of hydrogen-bond acceptors (Lipinski definition) is 11. The van der Waals surface area contributed by atoms with Crippen molar-refractivity contribution in [2.45, 2.75) is 0 Å². The first kappa shape index (κ1) is 69.3. The Morgan fingerprint density at radius 3 is 0.590 bits per heavy atom. The second-order valence-corrected chi connectivity index (χ2v) is 42.1. The van der Waals surface area contributed by atoms with Crippen molar-refractivity contribution >= 4 is 235 Å². The molecule has 1 rings (SSSR count). The van der Waals surface area contributed by atoms with Gasteiger partial charge < -0.3 is 45.3 Å². The molecule has 0 fully saturated rings. The van der Waals surface area contributed by atoms with Crippen molar-refractivity contribution in [1.29, 1.82) is 0 Å². The molecule has 1 aromatic carbocycles. The maximum atomic E-state index is 5.21. The minimum Gasteiger partial charge on any atom is -0.471 e. The molecule has 0 aromatic heterocycles. The van der Waals surface area contributed by atoms with Crippen molar-refractivity contribution in [1.82, 2.24) is 0 Å². The zero-order chi connectivity index (χ0) is 33.6. The van der Waals surface area contributed by atoms with Crippen molar-refractivity contribution in [3.05, 3.63) is 30.3 Å². The fourth-order valence-electron chi connectivity index (χ4n) is 0.741. The third-order valence-corrected chi connectivity index (χ3v) is 3.11. The SMILES string of the molecule is [SiH3]O[SiH2]c1ccccc1.[SiH3]O[SiH3].[SiH3]O[SiH3].[SiH3]O[SiH3].[SiH3]O[SiH3].[SiH3]O[SiH3].[SiH3]O[SiH3].[SiH3]O[SiH3].[SiH3]O[SiH3].[SiH3]O[SiH3].[SiH3]O[SiH3]. The lowest BCUT2D eigenvalue weighted by molar-refractivity contribution is 0.676. The van der Waals surface area contributed by atoms with Crippen LogP contribution in [0, 0.1) is 0 Å². The van der Waals surface area contributed by atoms with Crippen molar-refractivity contribution in [3.63, 3.8) is 0 Å². The highest BCUT2D eigenvalue weighted by Gasteiger charge is 1.86. The van der Waals surface area contributed by atoms with Crippen LogP contribution in [-0.2, 0) is 45.3 Å². The predicted molar refractivity (Wildman–Crippen MR) is 255 cm³/mol. The maximum absolute atomic E-state index is 5.21. The van der Waals surface area contributed by atoms with Gasteiger partial charge in [-0.1, -0.05) is 30.3 Å². The summed E-state index contributed by atoms with van der Waals surface area (Å²) >= 11 is 0. The van der Waals surface area contributed by atoms with Gasteiger partial charge in [-0.15, -0.1) is 0 Å². The van der Waals surface area contributed by atoms with Crippen LogP contribution in [0.5, 0.6) is 0 Å². The fraction of sp³-hybridized carbons (Fsp3) is 0. The summed E-state index contributed by atoms with van der Waals surface area (Å²) in [4.78, 5) is 0. The van der Waals surface area contributed by atoms with Gasteiger partial charge in [-0.05, 0) is 5.19 Å². The average molecular weight is 937 g/mol. The van der Waals surface area contributed by atoms with Gasteiger partial charge in [-0.2, -0.15) is 0 Å². The maximum Gasteiger partial charge on any atom is 0.178 e. The molecule has 0 atom stereocenters. The zero-order valence-corrected chi connectivity index (χ0v) is 73.0. The van der Waals surface area contributed by atoms with Crippen molar-refractivity contribution in [3.8, 4) is 0 Å². The standard InChI is InChI=1S/C6H10OSi2.10H6OSi2/c8-7-9-6-4-2-1-3-5-6;10*2-1-3/h1-5H,9H2,8H3;10*2-3H3. The molecule has 0 aliphatic carbocycles. The van der Waals surface area contributed by atoms with Gasteiger partial charge in [0.2, 0.25) is 0 Å². The fourth-order valence-corrected chi connectivity index (χ4v) is 2.54. The molecule has 248 valence electrons. The van der Waals surface area contributed by atoms with Crippen LogP contribution in [0.1, 0.15) is 0 Å². The first-order valence-corrected chi connectivity index (χ1v) is 29.6. The molecule has 0 spiro atoms. The molecule has 0 unspecified atom stereocenters. The van der Waals surface area contributed by atoms with E-state index in [0.29, 0.717) is 0 Å². The molecular formula is C6H70O11Si22. The van der Waals surface area contributed by atoms with Gasteiger partial charge in [0.1, 0.15) is 220 Å². The third kappa shape index (κ3) is 307. The molecule has 0 saturated carbocycles. The topological polar surface area (TPSA) is 102 Å². The molecular weight excluding hydrogens is 866 g/mol. The lowest BCUT2D eigenvalue weighted by Crippen LogP contribution is -2.14. The Labute approximate surface area is 308 Å². The molecule has 0 aliphatic rings. The second kappa shape index (κ2) is 123. The quantitative estimate of drug-likeness (QED) is 0.265. The monoisotopic (exact) mass is 934 g/mol. The van der Waals surface area contributed by atoms with Crippen LogP contribution in [0.15, 0.2) is 30.3 Å². The summed E-state index contributed by atoms with van der Waals surface area (Å²) in [6.45, 7) is 0. The molecule has 33 heteroatoms. The van der Waals surface area contributed by atoms with Crippen molar-refractivity contribution in [2.75, 3.05) is 0 Å². The van der Waals surface area contributed by atoms with Crippen LogP contribution >= 0.6 is 0 Å². The van der Waals surface area contributed by atoms with Crippen LogP contribution in [-0.4, -0.2) is 230 Å². The number of rotatable bonds is 2. The second-order valence-electron chi connectivity index (χ2n) is 6.00. The highest BCUT2D eigenvalue weighted by molar-refractivity contribution is 6.50. The van der Waals surface area contributed by atoms with Crippen LogP contribution < -0.4 is 5.19 Å². The molecule has 1 aromatic rings. The van der Waals surface area contributed by atoms with Crippen LogP contribution in [0.3, 0.4) is 0 Å². The molecule has 0 aliphatic heterocycles. The highest BCUT2D eigenvalue weighted by atomic mass is 28.3. The van der Waals surface area contributed by atoms with Crippen molar-refractivity contribution in [2.24, 2.45) is 0 Å². The Morgan fingerprint density at radius 1 is 0.308 bits per heavy atom. The Balaban J connectivity index is -0.0000000310. The minimum atomic E-state index is -0.339. The van der Waals surface area contributed by atoms with Gasteiger partial charge in [0.25, 0.3) is 0 Å². The van der Waals surface area contributed by atoms with E-state index in [1.165, 1.54) is 5.19 Å². The Morgan fingerprint density at radius 2 is 0.462 bits per heavy atom. The first-order valence-electron chi connectivity index (χ1n) is 11.1. The molecule has 0 radical (unpaired) electrons. The summed E-state index contributed by atoms with van der Waals surface area (Å²) in [6, 6.07) is 10.4. The van der Waals surface area contributed by atoms with E-state index in [4.69, 9.17) is 4.12 Å².